The van der Waals surface area contributed by atoms with E-state index in [9.17, 15) is 4.79 Å². The van der Waals surface area contributed by atoms with Gasteiger partial charge in [0, 0.05) is 30.1 Å². The Bertz CT molecular complexity index is 917. The van der Waals surface area contributed by atoms with E-state index in [1.807, 2.05) is 18.2 Å². The second-order valence-corrected chi connectivity index (χ2v) is 8.64. The van der Waals surface area contributed by atoms with Gasteiger partial charge in [-0.25, -0.2) is 0 Å². The van der Waals surface area contributed by atoms with Crippen molar-refractivity contribution in [2.24, 2.45) is 0 Å². The molecule has 0 spiro atoms. The number of carboxylic acid groups (broad SMARTS) is 1. The van der Waals surface area contributed by atoms with Crippen molar-refractivity contribution in [1.29, 1.82) is 0 Å². The van der Waals surface area contributed by atoms with Crippen molar-refractivity contribution in [3.8, 4) is 11.5 Å². The lowest BCUT2D eigenvalue weighted by atomic mass is 9.81. The zero-order valence-electron chi connectivity index (χ0n) is 17.2. The fourth-order valence-corrected chi connectivity index (χ4v) is 4.69. The van der Waals surface area contributed by atoms with Crippen LogP contribution in [0.2, 0.25) is 0 Å². The van der Waals surface area contributed by atoms with Crippen LogP contribution in [-0.4, -0.2) is 31.4 Å². The molecule has 2 atom stereocenters. The predicted octanol–water partition coefficient (Wildman–Crippen LogP) is 4.63. The van der Waals surface area contributed by atoms with Gasteiger partial charge in [0.2, 0.25) is 0 Å². The molecule has 0 aromatic heterocycles. The van der Waals surface area contributed by atoms with Crippen LogP contribution in [-0.2, 0) is 21.4 Å². The van der Waals surface area contributed by atoms with Crippen LogP contribution in [0, 0.1) is 0 Å². The first kappa shape index (κ1) is 19.8. The van der Waals surface area contributed by atoms with E-state index in [4.69, 9.17) is 19.3 Å². The van der Waals surface area contributed by atoms with Gasteiger partial charge in [-0.3, -0.25) is 4.79 Å². The maximum atomic E-state index is 11.0. The van der Waals surface area contributed by atoms with E-state index in [2.05, 4.69) is 32.0 Å². The van der Waals surface area contributed by atoms with Crippen LogP contribution in [0.15, 0.2) is 36.4 Å². The van der Waals surface area contributed by atoms with Crippen molar-refractivity contribution in [3.63, 3.8) is 0 Å². The molecule has 1 N–H and O–H groups in total. The van der Waals surface area contributed by atoms with Crippen molar-refractivity contribution < 1.29 is 24.1 Å². The summed E-state index contributed by atoms with van der Waals surface area (Å²) in [5.74, 6) is 0.608. The molecule has 2 aromatic rings. The normalized spacial score (nSPS) is 20.1. The van der Waals surface area contributed by atoms with Crippen LogP contribution in [0.25, 0.3) is 0 Å². The summed E-state index contributed by atoms with van der Waals surface area (Å²) >= 11 is 0. The fraction of sp³-hybridized carbons (Fsp3) is 0.458. The van der Waals surface area contributed by atoms with Gasteiger partial charge in [0.1, 0.15) is 17.6 Å². The fourth-order valence-electron chi connectivity index (χ4n) is 4.69. The van der Waals surface area contributed by atoms with E-state index in [1.54, 1.807) is 7.11 Å². The second kappa shape index (κ2) is 7.71. The lowest BCUT2D eigenvalue weighted by Crippen LogP contribution is -2.25. The van der Waals surface area contributed by atoms with Gasteiger partial charge in [-0.05, 0) is 35.6 Å². The number of hydrogen-bond acceptors (Lipinski definition) is 4. The summed E-state index contributed by atoms with van der Waals surface area (Å²) in [5.41, 5.74) is 4.86. The first-order chi connectivity index (χ1) is 13.9. The quantitative estimate of drug-likeness (QED) is 0.739. The highest BCUT2D eigenvalue weighted by atomic mass is 16.5. The van der Waals surface area contributed by atoms with E-state index in [0.717, 1.165) is 29.9 Å². The Kier molecular flexibility index (Phi) is 5.26. The van der Waals surface area contributed by atoms with Gasteiger partial charge < -0.3 is 19.3 Å². The van der Waals surface area contributed by atoms with Crippen molar-refractivity contribution >= 4 is 5.97 Å². The van der Waals surface area contributed by atoms with Gasteiger partial charge in [0.25, 0.3) is 0 Å². The Balaban J connectivity index is 1.54. The minimum atomic E-state index is -0.804. The molecule has 0 unspecified atom stereocenters. The van der Waals surface area contributed by atoms with Gasteiger partial charge in [-0.2, -0.15) is 0 Å². The number of carbonyl (C=O) groups is 1. The Hall–Kier alpha value is -2.53. The number of rotatable bonds is 7. The van der Waals surface area contributed by atoms with Gasteiger partial charge >= 0.3 is 5.97 Å². The maximum Gasteiger partial charge on any atom is 0.304 e. The van der Waals surface area contributed by atoms with E-state index < -0.39 is 5.97 Å². The molecule has 0 amide bonds. The standard InChI is InChI=1S/C24H28O5/c1-24(2,14-27-3)20-6-4-5-19-18(20)9-10-21(19)29-16-7-8-17-15(11-23(25)26)13-28-22(17)12-16/h4-8,12,15,21H,9-11,13-14H2,1-3H3,(H,25,26)/t15-,21-/m1/s1. The Morgan fingerprint density at radius 1 is 1.24 bits per heavy atom. The molecule has 29 heavy (non-hydrogen) atoms. The van der Waals surface area contributed by atoms with Crippen molar-refractivity contribution in [2.45, 2.75) is 50.5 Å². The molecule has 0 saturated heterocycles. The minimum Gasteiger partial charge on any atom is -0.492 e. The number of aliphatic carboxylic acids is 1. The van der Waals surface area contributed by atoms with E-state index in [-0.39, 0.29) is 23.9 Å². The molecule has 4 rings (SSSR count). The monoisotopic (exact) mass is 396 g/mol. The summed E-state index contributed by atoms with van der Waals surface area (Å²) in [6, 6.07) is 12.2. The molecule has 5 nitrogen and oxygen atoms in total. The molecule has 2 aromatic carbocycles. The molecular formula is C24H28O5. The van der Waals surface area contributed by atoms with Crippen LogP contribution in [0.1, 0.15) is 61.0 Å². The topological polar surface area (TPSA) is 65.0 Å². The Morgan fingerprint density at radius 2 is 2.07 bits per heavy atom. The maximum absolute atomic E-state index is 11.0. The van der Waals surface area contributed by atoms with Gasteiger partial charge in [-0.1, -0.05) is 38.1 Å². The predicted molar refractivity (Wildman–Crippen MR) is 110 cm³/mol. The van der Waals surface area contributed by atoms with Crippen LogP contribution >= 0.6 is 0 Å². The molecule has 2 aliphatic rings. The van der Waals surface area contributed by atoms with Crippen molar-refractivity contribution in [1.82, 2.24) is 0 Å². The molecule has 1 aliphatic carbocycles. The van der Waals surface area contributed by atoms with E-state index in [1.165, 1.54) is 16.7 Å². The Morgan fingerprint density at radius 3 is 2.83 bits per heavy atom. The zero-order valence-corrected chi connectivity index (χ0v) is 17.2. The summed E-state index contributed by atoms with van der Waals surface area (Å²) < 4.78 is 17.5. The highest BCUT2D eigenvalue weighted by Crippen LogP contribution is 2.43. The third kappa shape index (κ3) is 3.84. The third-order valence-electron chi connectivity index (χ3n) is 6.01. The van der Waals surface area contributed by atoms with Crippen LogP contribution in [0.5, 0.6) is 11.5 Å². The smallest absolute Gasteiger partial charge is 0.304 e. The molecule has 0 saturated carbocycles. The van der Waals surface area contributed by atoms with Gasteiger partial charge in [0.15, 0.2) is 0 Å². The molecule has 0 fully saturated rings. The molecule has 1 aliphatic heterocycles. The zero-order chi connectivity index (χ0) is 20.6. The van der Waals surface area contributed by atoms with Gasteiger partial charge in [0.05, 0.1) is 19.6 Å². The summed E-state index contributed by atoms with van der Waals surface area (Å²) in [4.78, 5) is 11.0. The molecule has 0 bridgehead atoms. The lowest BCUT2D eigenvalue weighted by molar-refractivity contribution is -0.137. The Labute approximate surface area is 171 Å². The first-order valence-electron chi connectivity index (χ1n) is 10.2. The lowest BCUT2D eigenvalue weighted by Gasteiger charge is -2.27. The molecule has 1 heterocycles. The van der Waals surface area contributed by atoms with E-state index >= 15 is 0 Å². The summed E-state index contributed by atoms with van der Waals surface area (Å²) in [6.07, 6.45) is 2.03. The number of ether oxygens (including phenoxy) is 3. The average Bonchev–Trinajstić information content (AvgIpc) is 3.25. The largest absolute Gasteiger partial charge is 0.492 e. The van der Waals surface area contributed by atoms with Crippen LogP contribution in [0.4, 0.5) is 0 Å². The molecular weight excluding hydrogens is 368 g/mol. The van der Waals surface area contributed by atoms with Crippen molar-refractivity contribution in [3.05, 3.63) is 58.7 Å². The minimum absolute atomic E-state index is 0.0116. The first-order valence-corrected chi connectivity index (χ1v) is 10.2. The second-order valence-electron chi connectivity index (χ2n) is 8.64. The van der Waals surface area contributed by atoms with Crippen molar-refractivity contribution in [2.75, 3.05) is 20.3 Å². The SMILES string of the molecule is COCC(C)(C)c1cccc2c1CC[C@H]2Oc1ccc2c(c1)OC[C@H]2CC(=O)O. The van der Waals surface area contributed by atoms with E-state index in [0.29, 0.717) is 13.2 Å². The van der Waals surface area contributed by atoms with Crippen LogP contribution < -0.4 is 9.47 Å². The molecule has 0 radical (unpaired) electrons. The van der Waals surface area contributed by atoms with Crippen LogP contribution in [0.3, 0.4) is 0 Å². The average molecular weight is 396 g/mol. The number of fused-ring (bicyclic) bond motifs is 2. The molecule has 5 heteroatoms. The number of benzene rings is 2. The number of methoxy groups -OCH3 is 1. The highest BCUT2D eigenvalue weighted by Gasteiger charge is 2.32. The third-order valence-corrected chi connectivity index (χ3v) is 6.01. The summed E-state index contributed by atoms with van der Waals surface area (Å²) in [6.45, 7) is 5.52. The summed E-state index contributed by atoms with van der Waals surface area (Å²) in [5, 5.41) is 9.06. The number of hydrogen-bond donors (Lipinski definition) is 1. The summed E-state index contributed by atoms with van der Waals surface area (Å²) in [7, 11) is 1.74. The number of carboxylic acids is 1. The molecule has 154 valence electrons. The highest BCUT2D eigenvalue weighted by molar-refractivity contribution is 5.68. The van der Waals surface area contributed by atoms with Gasteiger partial charge in [-0.15, -0.1) is 0 Å².